The maximum absolute atomic E-state index is 12.1. The van der Waals surface area contributed by atoms with Gasteiger partial charge in [0, 0.05) is 6.54 Å². The van der Waals surface area contributed by atoms with E-state index >= 15 is 0 Å². The smallest absolute Gasteiger partial charge is 0.337 e. The van der Waals surface area contributed by atoms with Crippen molar-refractivity contribution in [2.75, 3.05) is 31.6 Å². The van der Waals surface area contributed by atoms with Gasteiger partial charge in [-0.25, -0.2) is 9.59 Å². The van der Waals surface area contributed by atoms with E-state index in [-0.39, 0.29) is 30.2 Å². The number of hydrogen-bond donors (Lipinski definition) is 4. The summed E-state index contributed by atoms with van der Waals surface area (Å²) < 4.78 is 5.24. The number of aromatic carboxylic acids is 1. The Morgan fingerprint density at radius 3 is 2.86 bits per heavy atom. The van der Waals surface area contributed by atoms with Crippen LogP contribution in [0.3, 0.4) is 0 Å². The first-order chi connectivity index (χ1) is 10.0. The Kier molecular flexibility index (Phi) is 4.61. The van der Waals surface area contributed by atoms with Crippen molar-refractivity contribution in [1.82, 2.24) is 4.90 Å². The minimum absolute atomic E-state index is 0.0948. The normalized spacial score (nSPS) is 18.3. The Bertz CT molecular complexity index is 547. The number of aliphatic hydroxyl groups excluding tert-OH is 1. The molecule has 0 radical (unpaired) electrons. The summed E-state index contributed by atoms with van der Waals surface area (Å²) in [6, 6.07) is 3.19. The van der Waals surface area contributed by atoms with E-state index < -0.39 is 18.1 Å². The molecule has 1 aromatic rings. The molecule has 0 aromatic heterocycles. The lowest BCUT2D eigenvalue weighted by atomic mass is 10.1. The molecule has 1 aliphatic rings. The second kappa shape index (κ2) is 6.42. The van der Waals surface area contributed by atoms with Gasteiger partial charge in [0.05, 0.1) is 37.1 Å². The van der Waals surface area contributed by atoms with Crippen LogP contribution in [0, 0.1) is 0 Å². The summed E-state index contributed by atoms with van der Waals surface area (Å²) in [5, 5.41) is 29.9. The average molecular weight is 296 g/mol. The van der Waals surface area contributed by atoms with E-state index in [1.165, 1.54) is 17.0 Å². The number of aliphatic hydroxyl groups is 1. The van der Waals surface area contributed by atoms with E-state index in [4.69, 9.17) is 14.9 Å². The van der Waals surface area contributed by atoms with E-state index in [0.29, 0.717) is 13.2 Å². The van der Waals surface area contributed by atoms with Crippen LogP contribution in [0.4, 0.5) is 10.5 Å². The van der Waals surface area contributed by atoms with Gasteiger partial charge >= 0.3 is 12.0 Å². The topological polar surface area (TPSA) is 119 Å². The Labute approximate surface area is 120 Å². The number of anilines is 1. The molecule has 1 aliphatic heterocycles. The van der Waals surface area contributed by atoms with Crippen LogP contribution in [0.1, 0.15) is 10.4 Å². The fourth-order valence-corrected chi connectivity index (χ4v) is 2.03. The molecule has 1 unspecified atom stereocenters. The zero-order valence-electron chi connectivity index (χ0n) is 11.2. The SMILES string of the molecule is O=C(O)c1cc(O)ccc1NC(=O)N1CCOC(CO)C1. The number of carboxylic acid groups (broad SMARTS) is 1. The lowest BCUT2D eigenvalue weighted by Crippen LogP contribution is -2.48. The van der Waals surface area contributed by atoms with Gasteiger partial charge in [-0.05, 0) is 18.2 Å². The summed E-state index contributed by atoms with van der Waals surface area (Å²) in [4.78, 5) is 24.6. The molecule has 2 amide bonds. The second-order valence-corrected chi connectivity index (χ2v) is 4.59. The molecular formula is C13H16N2O6. The molecule has 2 rings (SSSR count). The zero-order chi connectivity index (χ0) is 15.4. The third-order valence-corrected chi connectivity index (χ3v) is 3.10. The first-order valence-electron chi connectivity index (χ1n) is 6.36. The van der Waals surface area contributed by atoms with Crippen LogP contribution < -0.4 is 5.32 Å². The van der Waals surface area contributed by atoms with Gasteiger partial charge in [-0.15, -0.1) is 0 Å². The van der Waals surface area contributed by atoms with Gasteiger partial charge in [-0.3, -0.25) is 0 Å². The molecule has 0 aliphatic carbocycles. The highest BCUT2D eigenvalue weighted by Gasteiger charge is 2.24. The number of benzene rings is 1. The molecule has 114 valence electrons. The fourth-order valence-electron chi connectivity index (χ4n) is 2.03. The number of urea groups is 1. The van der Waals surface area contributed by atoms with Crippen molar-refractivity contribution >= 4 is 17.7 Å². The number of nitrogens with one attached hydrogen (secondary N) is 1. The largest absolute Gasteiger partial charge is 0.508 e. The zero-order valence-corrected chi connectivity index (χ0v) is 11.2. The standard InChI is InChI=1S/C13H16N2O6/c16-7-9-6-15(3-4-21-9)13(20)14-11-2-1-8(17)5-10(11)12(18)19/h1-2,5,9,16-17H,3-4,6-7H2,(H,14,20)(H,18,19). The van der Waals surface area contributed by atoms with Crippen molar-refractivity contribution in [3.8, 4) is 5.75 Å². The molecule has 0 spiro atoms. The number of carbonyl (C=O) groups excluding carboxylic acids is 1. The molecule has 1 aromatic carbocycles. The molecule has 1 saturated heterocycles. The molecule has 0 bridgehead atoms. The van der Waals surface area contributed by atoms with E-state index in [0.717, 1.165) is 6.07 Å². The molecule has 8 nitrogen and oxygen atoms in total. The molecular weight excluding hydrogens is 280 g/mol. The summed E-state index contributed by atoms with van der Waals surface area (Å²) in [5.74, 6) is -1.45. The van der Waals surface area contributed by atoms with Gasteiger partial charge in [0.25, 0.3) is 0 Å². The highest BCUT2D eigenvalue weighted by molar-refractivity contribution is 6.00. The number of hydrogen-bond acceptors (Lipinski definition) is 5. The summed E-state index contributed by atoms with van der Waals surface area (Å²) in [5.41, 5.74) is -0.104. The number of rotatable bonds is 3. The van der Waals surface area contributed by atoms with Crippen LogP contribution in [0.2, 0.25) is 0 Å². The van der Waals surface area contributed by atoms with Crippen LogP contribution in [0.5, 0.6) is 5.75 Å². The third kappa shape index (κ3) is 3.61. The number of phenolic OH excluding ortho intramolecular Hbond substituents is 1. The second-order valence-electron chi connectivity index (χ2n) is 4.59. The number of nitrogens with zero attached hydrogens (tertiary/aromatic N) is 1. The third-order valence-electron chi connectivity index (χ3n) is 3.10. The Hall–Kier alpha value is -2.32. The summed E-state index contributed by atoms with van der Waals surface area (Å²) in [6.45, 7) is 0.690. The van der Waals surface area contributed by atoms with E-state index in [1.807, 2.05) is 0 Å². The number of carboxylic acids is 1. The van der Waals surface area contributed by atoms with Gasteiger partial charge in [0.15, 0.2) is 0 Å². The van der Waals surface area contributed by atoms with Crippen molar-refractivity contribution < 1.29 is 29.6 Å². The molecule has 21 heavy (non-hydrogen) atoms. The number of morpholine rings is 1. The van der Waals surface area contributed by atoms with E-state index in [2.05, 4.69) is 5.32 Å². The molecule has 1 heterocycles. The van der Waals surface area contributed by atoms with Crippen LogP contribution in [-0.2, 0) is 4.74 Å². The van der Waals surface area contributed by atoms with Crippen LogP contribution in [0.15, 0.2) is 18.2 Å². The first kappa shape index (κ1) is 15.1. The predicted molar refractivity (Wildman–Crippen MR) is 72.5 cm³/mol. The Balaban J connectivity index is 2.11. The minimum atomic E-state index is -1.25. The van der Waals surface area contributed by atoms with Crippen molar-refractivity contribution in [1.29, 1.82) is 0 Å². The number of amides is 2. The van der Waals surface area contributed by atoms with Crippen LogP contribution in [0.25, 0.3) is 0 Å². The van der Waals surface area contributed by atoms with Gasteiger partial charge < -0.3 is 30.3 Å². The van der Waals surface area contributed by atoms with Gasteiger partial charge in [-0.1, -0.05) is 0 Å². The molecule has 4 N–H and O–H groups in total. The van der Waals surface area contributed by atoms with Crippen molar-refractivity contribution in [3.05, 3.63) is 23.8 Å². The Morgan fingerprint density at radius 1 is 1.43 bits per heavy atom. The number of carbonyl (C=O) groups is 2. The molecule has 0 saturated carbocycles. The van der Waals surface area contributed by atoms with Crippen molar-refractivity contribution in [2.45, 2.75) is 6.10 Å². The summed E-state index contributed by atoms with van der Waals surface area (Å²) in [6.07, 6.45) is -0.441. The number of ether oxygens (including phenoxy) is 1. The van der Waals surface area contributed by atoms with Gasteiger partial charge in [0.2, 0.25) is 0 Å². The van der Waals surface area contributed by atoms with Crippen molar-refractivity contribution in [3.63, 3.8) is 0 Å². The maximum atomic E-state index is 12.1. The number of phenols is 1. The minimum Gasteiger partial charge on any atom is -0.508 e. The van der Waals surface area contributed by atoms with E-state index in [1.54, 1.807) is 0 Å². The highest BCUT2D eigenvalue weighted by Crippen LogP contribution is 2.22. The lowest BCUT2D eigenvalue weighted by molar-refractivity contribution is -0.0388. The summed E-state index contributed by atoms with van der Waals surface area (Å²) >= 11 is 0. The van der Waals surface area contributed by atoms with Gasteiger partial charge in [-0.2, -0.15) is 0 Å². The van der Waals surface area contributed by atoms with E-state index in [9.17, 15) is 14.7 Å². The van der Waals surface area contributed by atoms with Gasteiger partial charge in [0.1, 0.15) is 5.75 Å². The average Bonchev–Trinajstić information content (AvgIpc) is 2.48. The fraction of sp³-hybridized carbons (Fsp3) is 0.385. The number of aromatic hydroxyl groups is 1. The van der Waals surface area contributed by atoms with Crippen molar-refractivity contribution in [2.24, 2.45) is 0 Å². The van der Waals surface area contributed by atoms with Crippen LogP contribution in [-0.4, -0.2) is 64.6 Å². The quantitative estimate of drug-likeness (QED) is 0.596. The predicted octanol–water partition coefficient (Wildman–Crippen LogP) is 0.315. The first-order valence-corrected chi connectivity index (χ1v) is 6.36. The molecule has 1 fully saturated rings. The van der Waals surface area contributed by atoms with Crippen LogP contribution >= 0.6 is 0 Å². The molecule has 8 heteroatoms. The lowest BCUT2D eigenvalue weighted by Gasteiger charge is -2.32. The highest BCUT2D eigenvalue weighted by atomic mass is 16.5. The maximum Gasteiger partial charge on any atom is 0.337 e. The molecule has 1 atom stereocenters. The monoisotopic (exact) mass is 296 g/mol. The summed E-state index contributed by atoms with van der Waals surface area (Å²) in [7, 11) is 0. The Morgan fingerprint density at radius 2 is 2.19 bits per heavy atom.